The maximum absolute atomic E-state index is 14.3. The number of anilines is 6. The molecule has 0 N–H and O–H groups in total. The molecule has 0 fully saturated rings. The van der Waals surface area contributed by atoms with Gasteiger partial charge in [0.05, 0.1) is 0 Å². The first-order valence-corrected chi connectivity index (χ1v) is 19.3. The third-order valence-corrected chi connectivity index (χ3v) is 12.5. The molecular weight excluding hydrogens is 729 g/mol. The van der Waals surface area contributed by atoms with Crippen LogP contribution < -0.4 is 9.80 Å². The van der Waals surface area contributed by atoms with E-state index in [0.29, 0.717) is 0 Å². The molecule has 0 heterocycles. The van der Waals surface area contributed by atoms with Crippen LogP contribution in [0.15, 0.2) is 182 Å². The molecule has 0 radical (unpaired) electrons. The molecule has 2 aliphatic carbocycles. The number of benzene rings is 8. The maximum atomic E-state index is 14.3. The summed E-state index contributed by atoms with van der Waals surface area (Å²) in [6.45, 7) is 4.66. The van der Waals surface area contributed by atoms with Crippen LogP contribution in [0.3, 0.4) is 0 Å². The van der Waals surface area contributed by atoms with E-state index < -0.39 is 10.8 Å². The second-order valence-electron chi connectivity index (χ2n) is 15.4. The number of halogens is 4. The molecule has 2 aliphatic rings. The average molecular weight is 765 g/mol. The first-order chi connectivity index (χ1) is 28.1. The van der Waals surface area contributed by atoms with Gasteiger partial charge in [0.2, 0.25) is 0 Å². The molecule has 8 aromatic rings. The Morgan fingerprint density at radius 1 is 0.293 bits per heavy atom. The molecule has 2 nitrogen and oxygen atoms in total. The summed E-state index contributed by atoms with van der Waals surface area (Å²) in [5, 5.41) is 0. The van der Waals surface area contributed by atoms with Crippen LogP contribution in [0.25, 0.3) is 22.3 Å². The first-order valence-electron chi connectivity index (χ1n) is 19.3. The monoisotopic (exact) mass is 764 g/mol. The van der Waals surface area contributed by atoms with E-state index in [9.17, 15) is 17.6 Å². The highest BCUT2D eigenvalue weighted by Gasteiger charge is 2.57. The summed E-state index contributed by atoms with van der Waals surface area (Å²) in [5.74, 6) is -1.38. The van der Waals surface area contributed by atoms with Crippen molar-refractivity contribution in [1.29, 1.82) is 0 Å². The van der Waals surface area contributed by atoms with Crippen molar-refractivity contribution < 1.29 is 17.6 Å². The van der Waals surface area contributed by atoms with E-state index >= 15 is 0 Å². The summed E-state index contributed by atoms with van der Waals surface area (Å²) in [5.41, 5.74) is 12.4. The highest BCUT2D eigenvalue weighted by molar-refractivity contribution is 5.92. The molecule has 2 atom stereocenters. The van der Waals surface area contributed by atoms with Crippen molar-refractivity contribution in [2.24, 2.45) is 0 Å². The minimum absolute atomic E-state index is 0.344. The van der Waals surface area contributed by atoms with Crippen LogP contribution in [0.4, 0.5) is 51.7 Å². The molecule has 0 bridgehead atoms. The molecule has 0 aromatic heterocycles. The van der Waals surface area contributed by atoms with E-state index in [4.69, 9.17) is 0 Å². The standard InChI is InChI=1S/C52H36F4N2/c1-51(47-9-5-3-7-43(47)45-29-27-41(31-49(45)51)57(37-19-11-33(53)12-20-37)38-21-13-34(54)14-22-38)52(2)48-10-6-4-8-44(48)46-30-28-42(32-50(46)52)58(39-23-15-35(55)16-24-39)40-25-17-36(56)18-26-40/h3-32H,1-2H3. The van der Waals surface area contributed by atoms with Crippen LogP contribution in [0.2, 0.25) is 0 Å². The number of hydrogen-bond donors (Lipinski definition) is 0. The van der Waals surface area contributed by atoms with Gasteiger partial charge in [0, 0.05) is 45.0 Å². The van der Waals surface area contributed by atoms with Gasteiger partial charge in [-0.2, -0.15) is 0 Å². The molecule has 10 rings (SSSR count). The van der Waals surface area contributed by atoms with Gasteiger partial charge in [-0.1, -0.05) is 74.5 Å². The van der Waals surface area contributed by atoms with Crippen molar-refractivity contribution in [2.45, 2.75) is 24.7 Å². The fraction of sp³-hybridized carbons (Fsp3) is 0.0769. The molecule has 2 unspecified atom stereocenters. The van der Waals surface area contributed by atoms with E-state index in [1.54, 1.807) is 48.5 Å². The third-order valence-electron chi connectivity index (χ3n) is 12.5. The lowest BCUT2D eigenvalue weighted by molar-refractivity contribution is 0.376. The molecule has 58 heavy (non-hydrogen) atoms. The molecule has 282 valence electrons. The Morgan fingerprint density at radius 2 is 0.552 bits per heavy atom. The van der Waals surface area contributed by atoms with Crippen molar-refractivity contribution in [3.05, 3.63) is 228 Å². The minimum Gasteiger partial charge on any atom is -0.310 e. The van der Waals surface area contributed by atoms with E-state index in [2.05, 4.69) is 98.8 Å². The average Bonchev–Trinajstić information content (AvgIpc) is 3.67. The summed E-state index contributed by atoms with van der Waals surface area (Å²) >= 11 is 0. The van der Waals surface area contributed by atoms with E-state index in [1.807, 2.05) is 9.80 Å². The lowest BCUT2D eigenvalue weighted by Gasteiger charge is -2.45. The zero-order valence-electron chi connectivity index (χ0n) is 31.7. The Morgan fingerprint density at radius 3 is 0.862 bits per heavy atom. The summed E-state index contributed by atoms with van der Waals surface area (Å²) in [6, 6.07) is 55.5. The quantitative estimate of drug-likeness (QED) is 0.149. The Hall–Kier alpha value is -6.92. The largest absolute Gasteiger partial charge is 0.310 e. The highest BCUT2D eigenvalue weighted by atomic mass is 19.1. The van der Waals surface area contributed by atoms with Gasteiger partial charge in [-0.3, -0.25) is 0 Å². The molecular formula is C52H36F4N2. The fourth-order valence-corrected chi connectivity index (χ4v) is 9.57. The first kappa shape index (κ1) is 35.5. The van der Waals surface area contributed by atoms with Gasteiger partial charge >= 0.3 is 0 Å². The molecule has 0 amide bonds. The topological polar surface area (TPSA) is 6.48 Å². The molecule has 0 saturated carbocycles. The second kappa shape index (κ2) is 13.3. The van der Waals surface area contributed by atoms with Crippen molar-refractivity contribution in [1.82, 2.24) is 0 Å². The Bertz CT molecular complexity index is 2560. The lowest BCUT2D eigenvalue weighted by atomic mass is 9.56. The molecule has 8 aromatic carbocycles. The fourth-order valence-electron chi connectivity index (χ4n) is 9.57. The normalized spacial score (nSPS) is 17.3. The Labute approximate surface area is 334 Å². The highest BCUT2D eigenvalue weighted by Crippen LogP contribution is 2.65. The zero-order chi connectivity index (χ0) is 39.8. The van der Waals surface area contributed by atoms with Gasteiger partial charge in [-0.05, 0) is 166 Å². The van der Waals surface area contributed by atoms with Gasteiger partial charge in [-0.15, -0.1) is 0 Å². The predicted molar refractivity (Wildman–Crippen MR) is 226 cm³/mol. The van der Waals surface area contributed by atoms with Crippen molar-refractivity contribution in [2.75, 3.05) is 9.80 Å². The number of rotatable bonds is 7. The van der Waals surface area contributed by atoms with Gasteiger partial charge < -0.3 is 9.80 Å². The van der Waals surface area contributed by atoms with Crippen LogP contribution in [0.1, 0.15) is 36.1 Å². The van der Waals surface area contributed by atoms with Crippen LogP contribution in [-0.2, 0) is 10.8 Å². The third kappa shape index (κ3) is 5.32. The van der Waals surface area contributed by atoms with Crippen LogP contribution in [0.5, 0.6) is 0 Å². The van der Waals surface area contributed by atoms with Gasteiger partial charge in [0.15, 0.2) is 0 Å². The van der Waals surface area contributed by atoms with Gasteiger partial charge in [0.1, 0.15) is 23.3 Å². The SMILES string of the molecule is CC1(C2(C)c3ccccc3-c3ccc(N(c4ccc(F)cc4)c4ccc(F)cc4)cc32)c2ccccc2-c2ccc(N(c3ccc(F)cc3)c3ccc(F)cc3)cc21. The Kier molecular flexibility index (Phi) is 8.17. The smallest absolute Gasteiger partial charge is 0.123 e. The van der Waals surface area contributed by atoms with Crippen molar-refractivity contribution in [3.63, 3.8) is 0 Å². The molecule has 0 saturated heterocycles. The predicted octanol–water partition coefficient (Wildman–Crippen LogP) is 14.5. The van der Waals surface area contributed by atoms with Gasteiger partial charge in [-0.25, -0.2) is 17.6 Å². The summed E-state index contributed by atoms with van der Waals surface area (Å²) < 4.78 is 57.2. The number of nitrogens with zero attached hydrogens (tertiary/aromatic N) is 2. The number of fused-ring (bicyclic) bond motifs is 6. The van der Waals surface area contributed by atoms with E-state index in [-0.39, 0.29) is 23.3 Å². The minimum atomic E-state index is -0.650. The second-order valence-corrected chi connectivity index (χ2v) is 15.4. The molecule has 0 aliphatic heterocycles. The Balaban J connectivity index is 1.21. The number of hydrogen-bond acceptors (Lipinski definition) is 2. The summed E-state index contributed by atoms with van der Waals surface area (Å²) in [6.07, 6.45) is 0. The maximum Gasteiger partial charge on any atom is 0.123 e. The van der Waals surface area contributed by atoms with Crippen molar-refractivity contribution >= 4 is 34.1 Å². The zero-order valence-corrected chi connectivity index (χ0v) is 31.7. The van der Waals surface area contributed by atoms with Crippen LogP contribution in [0, 0.1) is 23.3 Å². The summed E-state index contributed by atoms with van der Waals surface area (Å²) in [7, 11) is 0. The van der Waals surface area contributed by atoms with Crippen LogP contribution in [-0.4, -0.2) is 0 Å². The van der Waals surface area contributed by atoms with E-state index in [1.165, 1.54) is 59.7 Å². The van der Waals surface area contributed by atoms with E-state index in [0.717, 1.165) is 67.5 Å². The van der Waals surface area contributed by atoms with Crippen molar-refractivity contribution in [3.8, 4) is 22.3 Å². The molecule has 0 spiro atoms. The van der Waals surface area contributed by atoms with Crippen LogP contribution >= 0.6 is 0 Å². The lowest BCUT2D eigenvalue weighted by Crippen LogP contribution is -2.44. The van der Waals surface area contributed by atoms with Gasteiger partial charge in [0.25, 0.3) is 0 Å². The molecule has 6 heteroatoms. The summed E-state index contributed by atoms with van der Waals surface area (Å²) in [4.78, 5) is 4.06.